The number of likely N-dealkylation sites (tertiary alicyclic amines) is 1. The maximum absolute atomic E-state index is 12.1. The molecule has 0 spiro atoms. The first-order chi connectivity index (χ1) is 8.99. The molecule has 0 radical (unpaired) electrons. The lowest BCUT2D eigenvalue weighted by Gasteiger charge is -2.36. The summed E-state index contributed by atoms with van der Waals surface area (Å²) in [7, 11) is -3.42. The fraction of sp³-hybridized carbons (Fsp3) is 0.917. The summed E-state index contributed by atoms with van der Waals surface area (Å²) in [5, 5.41) is 8.61. The zero-order valence-electron chi connectivity index (χ0n) is 11.1. The zero-order chi connectivity index (χ0) is 13.9. The molecule has 0 aliphatic carbocycles. The fourth-order valence-electron chi connectivity index (χ4n) is 2.92. The standard InChI is InChI=1S/C12H22N2O4S/c15-12(16)5-9-19(17,18)14-8-3-4-11(10-14)13-6-1-2-7-13/h11H,1-10H2,(H,15,16). The van der Waals surface area contributed by atoms with E-state index in [2.05, 4.69) is 4.90 Å². The molecule has 2 aliphatic rings. The minimum absolute atomic E-state index is 0.283. The molecule has 2 fully saturated rings. The summed E-state index contributed by atoms with van der Waals surface area (Å²) in [6.45, 7) is 3.19. The van der Waals surface area contributed by atoms with Crippen molar-refractivity contribution in [3.63, 3.8) is 0 Å². The van der Waals surface area contributed by atoms with Gasteiger partial charge in [-0.1, -0.05) is 0 Å². The molecule has 2 aliphatic heterocycles. The summed E-state index contributed by atoms with van der Waals surface area (Å²) >= 11 is 0. The SMILES string of the molecule is O=C(O)CCS(=O)(=O)N1CCCC(N2CCCC2)C1. The Morgan fingerprint density at radius 3 is 2.47 bits per heavy atom. The first kappa shape index (κ1) is 14.7. The molecule has 0 amide bonds. The molecule has 7 heteroatoms. The van der Waals surface area contributed by atoms with Crippen LogP contribution in [0.25, 0.3) is 0 Å². The predicted molar refractivity (Wildman–Crippen MR) is 71.4 cm³/mol. The van der Waals surface area contributed by atoms with Gasteiger partial charge in [0, 0.05) is 19.1 Å². The van der Waals surface area contributed by atoms with Gasteiger partial charge in [0.15, 0.2) is 0 Å². The van der Waals surface area contributed by atoms with Gasteiger partial charge < -0.3 is 5.11 Å². The van der Waals surface area contributed by atoms with E-state index < -0.39 is 16.0 Å². The number of carbonyl (C=O) groups is 1. The lowest BCUT2D eigenvalue weighted by atomic mass is 10.1. The van der Waals surface area contributed by atoms with Crippen LogP contribution in [-0.4, -0.2) is 66.7 Å². The minimum Gasteiger partial charge on any atom is -0.481 e. The molecule has 0 aromatic heterocycles. The number of rotatable bonds is 5. The van der Waals surface area contributed by atoms with E-state index in [1.807, 2.05) is 0 Å². The van der Waals surface area contributed by atoms with Crippen molar-refractivity contribution in [2.24, 2.45) is 0 Å². The third kappa shape index (κ3) is 3.90. The van der Waals surface area contributed by atoms with Gasteiger partial charge in [-0.15, -0.1) is 0 Å². The van der Waals surface area contributed by atoms with E-state index in [1.54, 1.807) is 0 Å². The number of hydrogen-bond donors (Lipinski definition) is 1. The van der Waals surface area contributed by atoms with E-state index in [0.29, 0.717) is 19.1 Å². The van der Waals surface area contributed by atoms with Gasteiger partial charge >= 0.3 is 5.97 Å². The molecule has 110 valence electrons. The number of nitrogens with zero attached hydrogens (tertiary/aromatic N) is 2. The molecular formula is C12H22N2O4S. The molecule has 6 nitrogen and oxygen atoms in total. The molecule has 2 rings (SSSR count). The second-order valence-electron chi connectivity index (χ2n) is 5.36. The lowest BCUT2D eigenvalue weighted by molar-refractivity contribution is -0.136. The van der Waals surface area contributed by atoms with Crippen molar-refractivity contribution in [2.45, 2.75) is 38.1 Å². The van der Waals surface area contributed by atoms with Crippen molar-refractivity contribution >= 4 is 16.0 Å². The normalized spacial score (nSPS) is 26.6. The Hall–Kier alpha value is -0.660. The summed E-state index contributed by atoms with van der Waals surface area (Å²) in [6.07, 6.45) is 4.00. The number of carboxylic acid groups (broad SMARTS) is 1. The van der Waals surface area contributed by atoms with E-state index in [4.69, 9.17) is 5.11 Å². The summed E-state index contributed by atoms with van der Waals surface area (Å²) in [5.74, 6) is -1.34. The molecule has 1 N–H and O–H groups in total. The van der Waals surface area contributed by atoms with E-state index in [-0.39, 0.29) is 12.2 Å². The highest BCUT2D eigenvalue weighted by Gasteiger charge is 2.32. The van der Waals surface area contributed by atoms with Gasteiger partial charge in [-0.05, 0) is 38.8 Å². The molecular weight excluding hydrogens is 268 g/mol. The van der Waals surface area contributed by atoms with E-state index in [0.717, 1.165) is 25.9 Å². The van der Waals surface area contributed by atoms with Crippen LogP contribution in [0, 0.1) is 0 Å². The molecule has 2 heterocycles. The van der Waals surface area contributed by atoms with Crippen molar-refractivity contribution < 1.29 is 18.3 Å². The number of hydrogen-bond acceptors (Lipinski definition) is 4. The highest BCUT2D eigenvalue weighted by atomic mass is 32.2. The molecule has 19 heavy (non-hydrogen) atoms. The summed E-state index contributed by atoms with van der Waals surface area (Å²) in [4.78, 5) is 12.9. The smallest absolute Gasteiger partial charge is 0.304 e. The number of carboxylic acids is 1. The van der Waals surface area contributed by atoms with Gasteiger partial charge in [-0.3, -0.25) is 9.69 Å². The molecule has 1 unspecified atom stereocenters. The van der Waals surface area contributed by atoms with Crippen molar-refractivity contribution in [3.05, 3.63) is 0 Å². The maximum Gasteiger partial charge on any atom is 0.304 e. The minimum atomic E-state index is -3.42. The van der Waals surface area contributed by atoms with Crippen LogP contribution in [0.1, 0.15) is 32.1 Å². The Balaban J connectivity index is 1.94. The zero-order valence-corrected chi connectivity index (χ0v) is 11.9. The molecule has 1 atom stereocenters. The Kier molecular flexibility index (Phi) is 4.81. The van der Waals surface area contributed by atoms with Gasteiger partial charge in [0.2, 0.25) is 10.0 Å². The average Bonchev–Trinajstić information content (AvgIpc) is 2.91. The highest BCUT2D eigenvalue weighted by molar-refractivity contribution is 7.89. The van der Waals surface area contributed by atoms with Crippen LogP contribution in [-0.2, 0) is 14.8 Å². The predicted octanol–water partition coefficient (Wildman–Crippen LogP) is 0.351. The monoisotopic (exact) mass is 290 g/mol. The van der Waals surface area contributed by atoms with Crippen LogP contribution in [0.15, 0.2) is 0 Å². The first-order valence-corrected chi connectivity index (χ1v) is 8.53. The molecule has 0 bridgehead atoms. The second kappa shape index (κ2) is 6.19. The number of piperidine rings is 1. The Labute approximate surface area is 114 Å². The van der Waals surface area contributed by atoms with Crippen molar-refractivity contribution in [2.75, 3.05) is 31.9 Å². The third-order valence-corrected chi connectivity index (χ3v) is 5.82. The van der Waals surface area contributed by atoms with Crippen LogP contribution < -0.4 is 0 Å². The van der Waals surface area contributed by atoms with Crippen LogP contribution in [0.3, 0.4) is 0 Å². The summed E-state index contributed by atoms with van der Waals surface area (Å²) in [6, 6.07) is 0.316. The Bertz CT molecular complexity index is 417. The van der Waals surface area contributed by atoms with Gasteiger partial charge in [0.05, 0.1) is 12.2 Å². The van der Waals surface area contributed by atoms with Crippen LogP contribution >= 0.6 is 0 Å². The van der Waals surface area contributed by atoms with E-state index in [9.17, 15) is 13.2 Å². The molecule has 0 aromatic rings. The quantitative estimate of drug-likeness (QED) is 0.790. The lowest BCUT2D eigenvalue weighted by Crippen LogP contribution is -2.49. The van der Waals surface area contributed by atoms with Crippen LogP contribution in [0.4, 0.5) is 0 Å². The van der Waals surface area contributed by atoms with Gasteiger partial charge in [0.1, 0.15) is 0 Å². The highest BCUT2D eigenvalue weighted by Crippen LogP contribution is 2.22. The molecule has 0 aromatic carbocycles. The Morgan fingerprint density at radius 2 is 1.84 bits per heavy atom. The van der Waals surface area contributed by atoms with Crippen molar-refractivity contribution in [1.29, 1.82) is 0 Å². The van der Waals surface area contributed by atoms with E-state index >= 15 is 0 Å². The van der Waals surface area contributed by atoms with Crippen LogP contribution in [0.5, 0.6) is 0 Å². The summed E-state index contributed by atoms with van der Waals surface area (Å²) in [5.41, 5.74) is 0. The average molecular weight is 290 g/mol. The largest absolute Gasteiger partial charge is 0.481 e. The van der Waals surface area contributed by atoms with Crippen LogP contribution in [0.2, 0.25) is 0 Å². The van der Waals surface area contributed by atoms with Crippen molar-refractivity contribution in [3.8, 4) is 0 Å². The Morgan fingerprint density at radius 1 is 1.16 bits per heavy atom. The topological polar surface area (TPSA) is 77.9 Å². The second-order valence-corrected chi connectivity index (χ2v) is 7.45. The summed E-state index contributed by atoms with van der Waals surface area (Å²) < 4.78 is 25.7. The number of sulfonamides is 1. The van der Waals surface area contributed by atoms with Crippen molar-refractivity contribution in [1.82, 2.24) is 9.21 Å². The van der Waals surface area contributed by atoms with E-state index in [1.165, 1.54) is 17.1 Å². The molecule has 2 saturated heterocycles. The third-order valence-electron chi connectivity index (χ3n) is 3.98. The number of aliphatic carboxylic acids is 1. The first-order valence-electron chi connectivity index (χ1n) is 6.93. The maximum atomic E-state index is 12.1. The fourth-order valence-corrected chi connectivity index (χ4v) is 4.42. The van der Waals surface area contributed by atoms with Gasteiger partial charge in [-0.25, -0.2) is 12.7 Å². The van der Waals surface area contributed by atoms with Gasteiger partial charge in [-0.2, -0.15) is 0 Å². The molecule has 0 saturated carbocycles. The van der Waals surface area contributed by atoms with Gasteiger partial charge in [0.25, 0.3) is 0 Å².